The van der Waals surface area contributed by atoms with E-state index in [4.69, 9.17) is 4.74 Å². The number of methoxy groups -OCH3 is 1. The topological polar surface area (TPSA) is 12.5 Å². The summed E-state index contributed by atoms with van der Waals surface area (Å²) >= 11 is 0. The molecule has 0 radical (unpaired) electrons. The van der Waals surface area contributed by atoms with Crippen molar-refractivity contribution < 1.29 is 4.74 Å². The van der Waals surface area contributed by atoms with Gasteiger partial charge < -0.3 is 9.64 Å². The van der Waals surface area contributed by atoms with Crippen molar-refractivity contribution in [3.05, 3.63) is 0 Å². The van der Waals surface area contributed by atoms with E-state index < -0.39 is 0 Å². The van der Waals surface area contributed by atoms with Crippen molar-refractivity contribution in [3.8, 4) is 0 Å². The van der Waals surface area contributed by atoms with Gasteiger partial charge in [0, 0.05) is 20.2 Å². The molecule has 0 aliphatic carbocycles. The minimum Gasteiger partial charge on any atom is -0.384 e. The molecule has 1 aliphatic heterocycles. The first-order valence-electron chi connectivity index (χ1n) is 4.40. The SMILES string of the molecule is COCC1CC(C)CN(C)C1. The third-order valence-corrected chi connectivity index (χ3v) is 2.33. The molecule has 0 aromatic carbocycles. The van der Waals surface area contributed by atoms with Crippen LogP contribution in [0.1, 0.15) is 13.3 Å². The lowest BCUT2D eigenvalue weighted by Gasteiger charge is -2.33. The minimum atomic E-state index is 0.758. The minimum absolute atomic E-state index is 0.758. The lowest BCUT2D eigenvalue weighted by Crippen LogP contribution is -2.38. The van der Waals surface area contributed by atoms with E-state index in [1.165, 1.54) is 19.5 Å². The summed E-state index contributed by atoms with van der Waals surface area (Å²) in [5.41, 5.74) is 0. The van der Waals surface area contributed by atoms with E-state index in [1.807, 2.05) is 0 Å². The Morgan fingerprint density at radius 2 is 2.18 bits per heavy atom. The molecule has 1 saturated heterocycles. The maximum atomic E-state index is 5.15. The highest BCUT2D eigenvalue weighted by Crippen LogP contribution is 2.20. The van der Waals surface area contributed by atoms with E-state index in [0.29, 0.717) is 0 Å². The lowest BCUT2D eigenvalue weighted by molar-refractivity contribution is 0.0808. The Bertz CT molecular complexity index is 106. The van der Waals surface area contributed by atoms with Gasteiger partial charge in [0.05, 0.1) is 6.61 Å². The third-order valence-electron chi connectivity index (χ3n) is 2.33. The molecule has 0 saturated carbocycles. The van der Waals surface area contributed by atoms with Crippen molar-refractivity contribution in [2.24, 2.45) is 11.8 Å². The van der Waals surface area contributed by atoms with Crippen LogP contribution in [0.4, 0.5) is 0 Å². The van der Waals surface area contributed by atoms with Gasteiger partial charge in [-0.25, -0.2) is 0 Å². The molecule has 0 N–H and O–H groups in total. The molecule has 2 heteroatoms. The zero-order valence-electron chi connectivity index (χ0n) is 7.84. The number of nitrogens with zero attached hydrogens (tertiary/aromatic N) is 1. The second kappa shape index (κ2) is 4.07. The maximum absolute atomic E-state index is 5.15. The monoisotopic (exact) mass is 157 g/mol. The summed E-state index contributed by atoms with van der Waals surface area (Å²) < 4.78 is 5.15. The van der Waals surface area contributed by atoms with Crippen LogP contribution in [0.5, 0.6) is 0 Å². The molecule has 1 aliphatic rings. The van der Waals surface area contributed by atoms with Crippen LogP contribution in [-0.4, -0.2) is 38.8 Å². The first-order valence-corrected chi connectivity index (χ1v) is 4.40. The molecule has 0 aromatic rings. The average molecular weight is 157 g/mol. The highest BCUT2D eigenvalue weighted by atomic mass is 16.5. The van der Waals surface area contributed by atoms with Gasteiger partial charge in [0.25, 0.3) is 0 Å². The number of hydrogen-bond donors (Lipinski definition) is 0. The maximum Gasteiger partial charge on any atom is 0.0502 e. The van der Waals surface area contributed by atoms with Crippen LogP contribution in [0.25, 0.3) is 0 Å². The van der Waals surface area contributed by atoms with Crippen LogP contribution in [0.15, 0.2) is 0 Å². The zero-order valence-corrected chi connectivity index (χ0v) is 7.84. The highest BCUT2D eigenvalue weighted by Gasteiger charge is 2.21. The van der Waals surface area contributed by atoms with Crippen LogP contribution >= 0.6 is 0 Å². The van der Waals surface area contributed by atoms with Gasteiger partial charge in [-0.3, -0.25) is 0 Å². The van der Waals surface area contributed by atoms with Gasteiger partial charge in [0.15, 0.2) is 0 Å². The Kier molecular flexibility index (Phi) is 3.34. The van der Waals surface area contributed by atoms with E-state index in [-0.39, 0.29) is 0 Å². The molecule has 0 amide bonds. The molecule has 1 heterocycles. The summed E-state index contributed by atoms with van der Waals surface area (Å²) in [6.07, 6.45) is 1.33. The van der Waals surface area contributed by atoms with Crippen LogP contribution in [0, 0.1) is 11.8 Å². The normalized spacial score (nSPS) is 34.1. The molecule has 2 atom stereocenters. The van der Waals surface area contributed by atoms with Crippen molar-refractivity contribution in [3.63, 3.8) is 0 Å². The second-order valence-corrected chi connectivity index (χ2v) is 3.88. The van der Waals surface area contributed by atoms with Crippen molar-refractivity contribution in [2.45, 2.75) is 13.3 Å². The summed E-state index contributed by atoms with van der Waals surface area (Å²) in [4.78, 5) is 2.40. The number of hydrogen-bond acceptors (Lipinski definition) is 2. The Morgan fingerprint density at radius 1 is 1.45 bits per heavy atom. The smallest absolute Gasteiger partial charge is 0.0502 e. The lowest BCUT2D eigenvalue weighted by atomic mass is 9.91. The zero-order chi connectivity index (χ0) is 8.27. The number of rotatable bonds is 2. The first-order chi connectivity index (χ1) is 5.22. The van der Waals surface area contributed by atoms with E-state index in [1.54, 1.807) is 7.11 Å². The van der Waals surface area contributed by atoms with Crippen LogP contribution < -0.4 is 0 Å². The van der Waals surface area contributed by atoms with Crippen molar-refractivity contribution in [1.82, 2.24) is 4.90 Å². The third kappa shape index (κ3) is 2.80. The van der Waals surface area contributed by atoms with E-state index in [9.17, 15) is 0 Å². The Hall–Kier alpha value is -0.0800. The molecule has 2 nitrogen and oxygen atoms in total. The van der Waals surface area contributed by atoms with Crippen LogP contribution in [0.3, 0.4) is 0 Å². The van der Waals surface area contributed by atoms with Crippen molar-refractivity contribution >= 4 is 0 Å². The molecule has 1 fully saturated rings. The fourth-order valence-corrected chi connectivity index (χ4v) is 2.12. The highest BCUT2D eigenvalue weighted by molar-refractivity contribution is 4.74. The summed E-state index contributed by atoms with van der Waals surface area (Å²) in [5.74, 6) is 1.60. The quantitative estimate of drug-likeness (QED) is 0.597. The Labute approximate surface area is 69.5 Å². The van der Waals surface area contributed by atoms with E-state index in [0.717, 1.165) is 18.4 Å². The van der Waals surface area contributed by atoms with Gasteiger partial charge in [-0.05, 0) is 25.3 Å². The number of likely N-dealkylation sites (tertiary alicyclic amines) is 1. The molecule has 11 heavy (non-hydrogen) atoms. The van der Waals surface area contributed by atoms with Gasteiger partial charge >= 0.3 is 0 Å². The molecule has 0 aromatic heterocycles. The van der Waals surface area contributed by atoms with Gasteiger partial charge in [0.1, 0.15) is 0 Å². The fraction of sp³-hybridized carbons (Fsp3) is 1.00. The molecular formula is C9H19NO. The summed E-state index contributed by atoms with van der Waals surface area (Å²) in [6, 6.07) is 0. The second-order valence-electron chi connectivity index (χ2n) is 3.88. The predicted octanol–water partition coefficient (Wildman–Crippen LogP) is 1.22. The van der Waals surface area contributed by atoms with Gasteiger partial charge in [0.2, 0.25) is 0 Å². The predicted molar refractivity (Wildman–Crippen MR) is 46.6 cm³/mol. The average Bonchev–Trinajstić information content (AvgIpc) is 1.85. The largest absolute Gasteiger partial charge is 0.384 e. The van der Waals surface area contributed by atoms with Crippen LogP contribution in [0.2, 0.25) is 0 Å². The van der Waals surface area contributed by atoms with E-state index in [2.05, 4.69) is 18.9 Å². The van der Waals surface area contributed by atoms with Crippen molar-refractivity contribution in [2.75, 3.05) is 33.9 Å². The van der Waals surface area contributed by atoms with Crippen molar-refractivity contribution in [1.29, 1.82) is 0 Å². The molecule has 0 spiro atoms. The number of piperidine rings is 1. The Morgan fingerprint density at radius 3 is 2.73 bits per heavy atom. The van der Waals surface area contributed by atoms with Crippen LogP contribution in [-0.2, 0) is 4.74 Å². The molecule has 0 bridgehead atoms. The molecule has 1 rings (SSSR count). The molecule has 2 unspecified atom stereocenters. The first kappa shape index (κ1) is 9.01. The number of ether oxygens (including phenoxy) is 1. The fourth-order valence-electron chi connectivity index (χ4n) is 2.12. The summed E-state index contributed by atoms with van der Waals surface area (Å²) in [7, 11) is 3.98. The van der Waals surface area contributed by atoms with Gasteiger partial charge in [-0.2, -0.15) is 0 Å². The summed E-state index contributed by atoms with van der Waals surface area (Å²) in [6.45, 7) is 5.70. The molecular weight excluding hydrogens is 138 g/mol. The Balaban J connectivity index is 2.30. The molecule has 66 valence electrons. The van der Waals surface area contributed by atoms with E-state index >= 15 is 0 Å². The van der Waals surface area contributed by atoms with Gasteiger partial charge in [-0.15, -0.1) is 0 Å². The van der Waals surface area contributed by atoms with Gasteiger partial charge in [-0.1, -0.05) is 6.92 Å². The standard InChI is InChI=1S/C9H19NO/c1-8-4-9(7-11-3)6-10(2)5-8/h8-9H,4-7H2,1-3H3. The summed E-state index contributed by atoms with van der Waals surface area (Å²) in [5, 5.41) is 0.